The van der Waals surface area contributed by atoms with Gasteiger partial charge in [-0.05, 0) is 25.6 Å². The molecule has 0 aromatic carbocycles. The minimum absolute atomic E-state index is 0.186. The summed E-state index contributed by atoms with van der Waals surface area (Å²) in [6.45, 7) is 5.00. The molecular weight excluding hydrogens is 212 g/mol. The predicted molar refractivity (Wildman–Crippen MR) is 63.1 cm³/mol. The number of nitrogens with one attached hydrogen (secondary N) is 1. The Labute approximate surface area is 92.8 Å². The third-order valence-electron chi connectivity index (χ3n) is 1.87. The monoisotopic (exact) mass is 226 g/mol. The molecule has 0 aliphatic carbocycles. The first-order chi connectivity index (χ1) is 7.13. The highest BCUT2D eigenvalue weighted by Crippen LogP contribution is 2.24. The summed E-state index contributed by atoms with van der Waals surface area (Å²) in [6.07, 6.45) is 3.91. The van der Waals surface area contributed by atoms with Gasteiger partial charge < -0.3 is 5.32 Å². The Bertz CT molecular complexity index is 360. The fourth-order valence-corrected chi connectivity index (χ4v) is 1.89. The average molecular weight is 226 g/mol. The summed E-state index contributed by atoms with van der Waals surface area (Å²) in [6, 6.07) is 3.58. The molecule has 0 saturated carbocycles. The summed E-state index contributed by atoms with van der Waals surface area (Å²) in [4.78, 5) is 11.0. The first-order valence-electron chi connectivity index (χ1n) is 4.79. The van der Waals surface area contributed by atoms with Crippen LogP contribution in [0.1, 0.15) is 18.7 Å². The normalized spacial score (nSPS) is 13.2. The van der Waals surface area contributed by atoms with Crippen LogP contribution in [0.4, 0.5) is 5.00 Å². The van der Waals surface area contributed by atoms with Crippen LogP contribution in [0.5, 0.6) is 0 Å². The van der Waals surface area contributed by atoms with Crippen LogP contribution in [-0.4, -0.2) is 17.5 Å². The number of rotatable bonds is 5. The lowest BCUT2D eigenvalue weighted by molar-refractivity contribution is -0.380. The molecule has 4 nitrogen and oxygen atoms in total. The minimum atomic E-state index is -0.365. The summed E-state index contributed by atoms with van der Waals surface area (Å²) >= 11 is 1.19. The van der Waals surface area contributed by atoms with Crippen molar-refractivity contribution in [1.82, 2.24) is 5.32 Å². The fourth-order valence-electron chi connectivity index (χ4n) is 1.16. The Morgan fingerprint density at radius 3 is 2.93 bits per heavy atom. The number of nitrogens with zero attached hydrogens (tertiary/aromatic N) is 1. The van der Waals surface area contributed by atoms with Crippen molar-refractivity contribution in [2.45, 2.75) is 19.9 Å². The van der Waals surface area contributed by atoms with E-state index in [4.69, 9.17) is 0 Å². The van der Waals surface area contributed by atoms with E-state index in [1.807, 2.05) is 26.0 Å². The first-order valence-corrected chi connectivity index (χ1v) is 5.61. The van der Waals surface area contributed by atoms with E-state index in [-0.39, 0.29) is 16.0 Å². The van der Waals surface area contributed by atoms with Crippen molar-refractivity contribution >= 4 is 22.4 Å². The van der Waals surface area contributed by atoms with Crippen molar-refractivity contribution in [3.8, 4) is 0 Å². The van der Waals surface area contributed by atoms with Crippen molar-refractivity contribution in [1.29, 1.82) is 0 Å². The van der Waals surface area contributed by atoms with Crippen molar-refractivity contribution < 1.29 is 4.92 Å². The van der Waals surface area contributed by atoms with Crippen LogP contribution in [0.15, 0.2) is 18.2 Å². The maximum atomic E-state index is 10.4. The molecular formula is C10H14N2O2S. The van der Waals surface area contributed by atoms with Crippen LogP contribution < -0.4 is 5.32 Å². The van der Waals surface area contributed by atoms with Gasteiger partial charge >= 0.3 is 5.00 Å². The van der Waals surface area contributed by atoms with E-state index in [9.17, 15) is 10.1 Å². The number of thiophene rings is 1. The third kappa shape index (κ3) is 3.81. The lowest BCUT2D eigenvalue weighted by atomic mass is 10.3. The van der Waals surface area contributed by atoms with Crippen LogP contribution in [0, 0.1) is 10.1 Å². The van der Waals surface area contributed by atoms with Crippen LogP contribution in [0.25, 0.3) is 6.08 Å². The van der Waals surface area contributed by atoms with Gasteiger partial charge in [0.15, 0.2) is 0 Å². The molecule has 0 saturated heterocycles. The van der Waals surface area contributed by atoms with Crippen molar-refractivity contribution in [2.75, 3.05) is 6.54 Å². The number of hydrogen-bond donors (Lipinski definition) is 1. The van der Waals surface area contributed by atoms with Gasteiger partial charge in [-0.2, -0.15) is 0 Å². The highest BCUT2D eigenvalue weighted by Gasteiger charge is 2.07. The third-order valence-corrected chi connectivity index (χ3v) is 2.87. The van der Waals surface area contributed by atoms with Gasteiger partial charge in [0.05, 0.1) is 4.92 Å². The van der Waals surface area contributed by atoms with Gasteiger partial charge in [-0.25, -0.2) is 0 Å². The predicted octanol–water partition coefficient (Wildman–Crippen LogP) is 2.67. The van der Waals surface area contributed by atoms with E-state index in [1.165, 1.54) is 17.4 Å². The average Bonchev–Trinajstić information content (AvgIpc) is 2.63. The molecule has 0 aliphatic heterocycles. The summed E-state index contributed by atoms with van der Waals surface area (Å²) in [5, 5.41) is 13.8. The summed E-state index contributed by atoms with van der Waals surface area (Å²) in [5.41, 5.74) is 0. The van der Waals surface area contributed by atoms with Crippen molar-refractivity contribution in [3.63, 3.8) is 0 Å². The second-order valence-corrected chi connectivity index (χ2v) is 4.23. The Morgan fingerprint density at radius 2 is 2.40 bits per heavy atom. The van der Waals surface area contributed by atoms with Crippen LogP contribution in [0.2, 0.25) is 0 Å². The first kappa shape index (κ1) is 11.9. The van der Waals surface area contributed by atoms with Gasteiger partial charge in [-0.1, -0.05) is 24.3 Å². The molecule has 15 heavy (non-hydrogen) atoms. The molecule has 0 radical (unpaired) electrons. The van der Waals surface area contributed by atoms with Gasteiger partial charge in [0.1, 0.15) is 0 Å². The minimum Gasteiger partial charge on any atom is -0.311 e. The van der Waals surface area contributed by atoms with E-state index in [1.54, 1.807) is 6.07 Å². The van der Waals surface area contributed by atoms with Gasteiger partial charge in [-0.15, -0.1) is 0 Å². The van der Waals surface area contributed by atoms with Gasteiger partial charge in [0.2, 0.25) is 0 Å². The molecule has 82 valence electrons. The topological polar surface area (TPSA) is 55.2 Å². The Kier molecular flexibility index (Phi) is 4.45. The van der Waals surface area contributed by atoms with E-state index >= 15 is 0 Å². The second-order valence-electron chi connectivity index (χ2n) is 3.14. The number of likely N-dealkylation sites (N-methyl/N-ethyl adjacent to an activating group) is 1. The van der Waals surface area contributed by atoms with E-state index < -0.39 is 0 Å². The molecule has 1 heterocycles. The molecule has 0 fully saturated rings. The lowest BCUT2D eigenvalue weighted by Crippen LogP contribution is -2.22. The molecule has 1 rings (SSSR count). The Morgan fingerprint density at radius 1 is 1.67 bits per heavy atom. The van der Waals surface area contributed by atoms with Gasteiger partial charge in [0.25, 0.3) is 0 Å². The molecule has 1 aromatic rings. The van der Waals surface area contributed by atoms with Gasteiger partial charge in [0, 0.05) is 17.0 Å². The van der Waals surface area contributed by atoms with Crippen molar-refractivity contribution in [2.24, 2.45) is 0 Å². The van der Waals surface area contributed by atoms with E-state index in [2.05, 4.69) is 5.32 Å². The fraction of sp³-hybridized carbons (Fsp3) is 0.400. The molecule has 1 atom stereocenters. The Hall–Kier alpha value is -1.20. The molecule has 5 heteroatoms. The zero-order valence-corrected chi connectivity index (χ0v) is 9.58. The lowest BCUT2D eigenvalue weighted by Gasteiger charge is -2.04. The molecule has 1 aromatic heterocycles. The van der Waals surface area contributed by atoms with Crippen LogP contribution >= 0.6 is 11.3 Å². The smallest absolute Gasteiger partial charge is 0.311 e. The van der Waals surface area contributed by atoms with E-state index in [0.29, 0.717) is 0 Å². The molecule has 1 unspecified atom stereocenters. The maximum Gasteiger partial charge on any atom is 0.324 e. The zero-order valence-electron chi connectivity index (χ0n) is 8.77. The Balaban J connectivity index is 2.60. The molecule has 0 spiro atoms. The summed E-state index contributed by atoms with van der Waals surface area (Å²) in [7, 11) is 0. The molecule has 0 amide bonds. The molecule has 0 aliphatic rings. The number of nitro groups is 1. The second kappa shape index (κ2) is 5.63. The highest BCUT2D eigenvalue weighted by molar-refractivity contribution is 7.16. The molecule has 0 bridgehead atoms. The van der Waals surface area contributed by atoms with Crippen LogP contribution in [-0.2, 0) is 0 Å². The quantitative estimate of drug-likeness (QED) is 0.620. The van der Waals surface area contributed by atoms with E-state index in [0.717, 1.165) is 11.4 Å². The maximum absolute atomic E-state index is 10.4. The molecule has 1 N–H and O–H groups in total. The van der Waals surface area contributed by atoms with Gasteiger partial charge in [-0.3, -0.25) is 10.1 Å². The van der Waals surface area contributed by atoms with Crippen molar-refractivity contribution in [3.05, 3.63) is 33.2 Å². The number of hydrogen-bond acceptors (Lipinski definition) is 4. The SMILES string of the molecule is CCNC(C)/C=C/c1ccc([N+](=O)[O-])s1. The highest BCUT2D eigenvalue weighted by atomic mass is 32.1. The summed E-state index contributed by atoms with van der Waals surface area (Å²) < 4.78 is 0. The summed E-state index contributed by atoms with van der Waals surface area (Å²) in [5.74, 6) is 0. The standard InChI is InChI=1S/C10H14N2O2S/c1-3-11-8(2)4-5-9-6-7-10(15-9)12(13)14/h4-8,11H,3H2,1-2H3/b5-4+. The van der Waals surface area contributed by atoms with Crippen LogP contribution in [0.3, 0.4) is 0 Å². The largest absolute Gasteiger partial charge is 0.324 e. The zero-order chi connectivity index (χ0) is 11.3.